The molecule has 0 amide bonds. The van der Waals surface area contributed by atoms with E-state index in [-0.39, 0.29) is 0 Å². The summed E-state index contributed by atoms with van der Waals surface area (Å²) in [5.41, 5.74) is 2.17. The Labute approximate surface area is 88.4 Å². The van der Waals surface area contributed by atoms with Gasteiger partial charge in [0.25, 0.3) is 0 Å². The molecule has 0 atom stereocenters. The van der Waals surface area contributed by atoms with Gasteiger partial charge in [0.1, 0.15) is 0 Å². The van der Waals surface area contributed by atoms with E-state index < -0.39 is 0 Å². The van der Waals surface area contributed by atoms with Gasteiger partial charge in [-0.05, 0) is 37.6 Å². The highest BCUT2D eigenvalue weighted by Gasteiger charge is 2.02. The molecule has 2 aromatic rings. The molecular formula is C12H13NS. The van der Waals surface area contributed by atoms with Crippen LogP contribution in [0.5, 0.6) is 0 Å². The monoisotopic (exact) mass is 203 g/mol. The summed E-state index contributed by atoms with van der Waals surface area (Å²) in [6.07, 6.45) is 1.11. The molecule has 0 radical (unpaired) electrons. The van der Waals surface area contributed by atoms with Gasteiger partial charge in [-0.1, -0.05) is 13.0 Å². The third kappa shape index (κ3) is 1.85. The fourth-order valence-corrected chi connectivity index (χ4v) is 2.30. The van der Waals surface area contributed by atoms with Gasteiger partial charge in [-0.2, -0.15) is 0 Å². The molecule has 0 aromatic carbocycles. The predicted molar refractivity (Wildman–Crippen MR) is 61.7 cm³/mol. The quantitative estimate of drug-likeness (QED) is 0.725. The molecule has 14 heavy (non-hydrogen) atoms. The lowest BCUT2D eigenvalue weighted by atomic mass is 10.2. The summed E-state index contributed by atoms with van der Waals surface area (Å²) < 4.78 is 0. The average molecular weight is 203 g/mol. The molecule has 1 nitrogen and oxygen atoms in total. The van der Waals surface area contributed by atoms with Gasteiger partial charge in [0.15, 0.2) is 0 Å². The van der Waals surface area contributed by atoms with E-state index in [9.17, 15) is 0 Å². The summed E-state index contributed by atoms with van der Waals surface area (Å²) in [7, 11) is 0. The van der Waals surface area contributed by atoms with Crippen molar-refractivity contribution in [1.29, 1.82) is 0 Å². The van der Waals surface area contributed by atoms with Crippen molar-refractivity contribution >= 4 is 11.3 Å². The Morgan fingerprint density at radius 2 is 2.07 bits per heavy atom. The van der Waals surface area contributed by atoms with Crippen LogP contribution in [0.3, 0.4) is 0 Å². The minimum absolute atomic E-state index is 1.08. The molecule has 2 heteroatoms. The first-order chi connectivity index (χ1) is 6.79. The SMILES string of the molecule is CCc1ccc(-c2cccc(C)n2)s1. The fourth-order valence-electron chi connectivity index (χ4n) is 1.39. The van der Waals surface area contributed by atoms with Crippen molar-refractivity contribution < 1.29 is 0 Å². The van der Waals surface area contributed by atoms with Crippen LogP contribution in [0, 0.1) is 6.92 Å². The number of thiophene rings is 1. The highest BCUT2D eigenvalue weighted by molar-refractivity contribution is 7.15. The van der Waals surface area contributed by atoms with Gasteiger partial charge in [0.05, 0.1) is 10.6 Å². The Balaban J connectivity index is 2.39. The maximum Gasteiger partial charge on any atom is 0.0804 e. The second-order valence-corrected chi connectivity index (χ2v) is 4.45. The standard InChI is InChI=1S/C12H13NS/c1-3-10-7-8-12(14-10)11-6-4-5-9(2)13-11/h4-8H,3H2,1-2H3. The van der Waals surface area contributed by atoms with E-state index in [1.165, 1.54) is 9.75 Å². The van der Waals surface area contributed by atoms with E-state index in [2.05, 4.69) is 36.2 Å². The molecule has 2 heterocycles. The van der Waals surface area contributed by atoms with Gasteiger partial charge in [0, 0.05) is 10.6 Å². The van der Waals surface area contributed by atoms with Gasteiger partial charge in [-0.25, -0.2) is 0 Å². The highest BCUT2D eigenvalue weighted by atomic mass is 32.1. The fraction of sp³-hybridized carbons (Fsp3) is 0.250. The molecule has 0 fully saturated rings. The Hall–Kier alpha value is -1.15. The van der Waals surface area contributed by atoms with Crippen LogP contribution in [0.1, 0.15) is 17.5 Å². The zero-order valence-corrected chi connectivity index (χ0v) is 9.27. The maximum atomic E-state index is 4.50. The molecule has 2 rings (SSSR count). The predicted octanol–water partition coefficient (Wildman–Crippen LogP) is 3.68. The van der Waals surface area contributed by atoms with Crippen LogP contribution in [0.25, 0.3) is 10.6 Å². The molecule has 0 saturated carbocycles. The van der Waals surface area contributed by atoms with Crippen molar-refractivity contribution in [1.82, 2.24) is 4.98 Å². The van der Waals surface area contributed by atoms with Crippen LogP contribution in [0.2, 0.25) is 0 Å². The molecule has 0 spiro atoms. The van der Waals surface area contributed by atoms with Crippen molar-refractivity contribution in [2.24, 2.45) is 0 Å². The molecule has 0 N–H and O–H groups in total. The van der Waals surface area contributed by atoms with Crippen LogP contribution in [-0.4, -0.2) is 4.98 Å². The Bertz CT molecular complexity index is 431. The topological polar surface area (TPSA) is 12.9 Å². The van der Waals surface area contributed by atoms with Crippen molar-refractivity contribution in [3.05, 3.63) is 40.9 Å². The maximum absolute atomic E-state index is 4.50. The molecule has 0 aliphatic carbocycles. The van der Waals surface area contributed by atoms with Crippen molar-refractivity contribution in [2.75, 3.05) is 0 Å². The number of aromatic nitrogens is 1. The van der Waals surface area contributed by atoms with Crippen molar-refractivity contribution in [3.63, 3.8) is 0 Å². The Morgan fingerprint density at radius 3 is 2.71 bits per heavy atom. The smallest absolute Gasteiger partial charge is 0.0804 e. The summed E-state index contributed by atoms with van der Waals surface area (Å²) in [5.74, 6) is 0. The second-order valence-electron chi connectivity index (χ2n) is 3.28. The van der Waals surface area contributed by atoms with Gasteiger partial charge in [-0.3, -0.25) is 4.98 Å². The largest absolute Gasteiger partial charge is 0.252 e. The van der Waals surface area contributed by atoms with Crippen LogP contribution >= 0.6 is 11.3 Å². The summed E-state index contributed by atoms with van der Waals surface area (Å²) in [6, 6.07) is 10.5. The third-order valence-electron chi connectivity index (χ3n) is 2.15. The highest BCUT2D eigenvalue weighted by Crippen LogP contribution is 2.26. The molecule has 0 saturated heterocycles. The van der Waals surface area contributed by atoms with E-state index in [1.807, 2.05) is 24.3 Å². The Morgan fingerprint density at radius 1 is 1.21 bits per heavy atom. The van der Waals surface area contributed by atoms with Crippen LogP contribution in [0.15, 0.2) is 30.3 Å². The number of aryl methyl sites for hydroxylation is 2. The molecule has 0 unspecified atom stereocenters. The van der Waals surface area contributed by atoms with Gasteiger partial charge in [0.2, 0.25) is 0 Å². The molecular weight excluding hydrogens is 190 g/mol. The van der Waals surface area contributed by atoms with E-state index in [0.717, 1.165) is 17.8 Å². The molecule has 0 aliphatic heterocycles. The summed E-state index contributed by atoms with van der Waals surface area (Å²) in [6.45, 7) is 4.21. The minimum atomic E-state index is 1.08. The van der Waals surface area contributed by atoms with Crippen LogP contribution in [0.4, 0.5) is 0 Å². The van der Waals surface area contributed by atoms with E-state index in [4.69, 9.17) is 0 Å². The molecule has 0 bridgehead atoms. The van der Waals surface area contributed by atoms with Crippen molar-refractivity contribution in [2.45, 2.75) is 20.3 Å². The lowest BCUT2D eigenvalue weighted by Gasteiger charge is -1.97. The van der Waals surface area contributed by atoms with E-state index in [0.29, 0.717) is 0 Å². The van der Waals surface area contributed by atoms with E-state index >= 15 is 0 Å². The first-order valence-corrected chi connectivity index (χ1v) is 5.64. The lowest BCUT2D eigenvalue weighted by molar-refractivity contribution is 1.19. The molecule has 2 aromatic heterocycles. The third-order valence-corrected chi connectivity index (χ3v) is 3.40. The summed E-state index contributed by atoms with van der Waals surface area (Å²) in [4.78, 5) is 7.19. The number of nitrogens with zero attached hydrogens (tertiary/aromatic N) is 1. The average Bonchev–Trinajstić information content (AvgIpc) is 2.66. The van der Waals surface area contributed by atoms with Gasteiger partial charge >= 0.3 is 0 Å². The van der Waals surface area contributed by atoms with Gasteiger partial charge in [-0.15, -0.1) is 11.3 Å². The normalized spacial score (nSPS) is 10.4. The zero-order chi connectivity index (χ0) is 9.97. The first kappa shape index (κ1) is 9.41. The summed E-state index contributed by atoms with van der Waals surface area (Å²) in [5, 5.41) is 0. The molecule has 72 valence electrons. The summed E-state index contributed by atoms with van der Waals surface area (Å²) >= 11 is 1.83. The first-order valence-electron chi connectivity index (χ1n) is 4.82. The van der Waals surface area contributed by atoms with Crippen molar-refractivity contribution in [3.8, 4) is 10.6 Å². The second kappa shape index (κ2) is 3.93. The van der Waals surface area contributed by atoms with E-state index in [1.54, 1.807) is 0 Å². The van der Waals surface area contributed by atoms with Crippen LogP contribution < -0.4 is 0 Å². The number of rotatable bonds is 2. The van der Waals surface area contributed by atoms with Crippen LogP contribution in [-0.2, 0) is 6.42 Å². The molecule has 0 aliphatic rings. The number of hydrogen-bond donors (Lipinski definition) is 0. The lowest BCUT2D eigenvalue weighted by Crippen LogP contribution is -1.82. The minimum Gasteiger partial charge on any atom is -0.252 e. The number of hydrogen-bond acceptors (Lipinski definition) is 2. The zero-order valence-electron chi connectivity index (χ0n) is 8.45. The van der Waals surface area contributed by atoms with Gasteiger partial charge < -0.3 is 0 Å². The Kier molecular flexibility index (Phi) is 2.64. The number of pyridine rings is 1.